The van der Waals surface area contributed by atoms with Crippen LogP contribution in [0.1, 0.15) is 21.6 Å². The number of fused-ring (bicyclic) bond motifs is 1. The van der Waals surface area contributed by atoms with E-state index in [1.54, 1.807) is 20.2 Å². The van der Waals surface area contributed by atoms with Gasteiger partial charge in [0, 0.05) is 30.6 Å². The molecule has 146 valence electrons. The average Bonchev–Trinajstić information content (AvgIpc) is 2.98. The van der Waals surface area contributed by atoms with Crippen molar-refractivity contribution in [2.75, 3.05) is 0 Å². The van der Waals surface area contributed by atoms with E-state index in [0.717, 1.165) is 12.1 Å². The van der Waals surface area contributed by atoms with Crippen molar-refractivity contribution in [3.63, 3.8) is 0 Å². The fraction of sp³-hybridized carbons (Fsp3) is 0.150. The first kappa shape index (κ1) is 18.6. The number of halogens is 2. The zero-order chi connectivity index (χ0) is 20.7. The third-order valence-electron chi connectivity index (χ3n) is 4.61. The largest absolute Gasteiger partial charge is 0.420 e. The molecule has 0 atom stereocenters. The number of oxazole rings is 1. The maximum Gasteiger partial charge on any atom is 0.420 e. The number of carbonyl (C=O) groups is 1. The Morgan fingerprint density at radius 3 is 2.48 bits per heavy atom. The van der Waals surface area contributed by atoms with E-state index in [-0.39, 0.29) is 12.1 Å². The fourth-order valence-electron chi connectivity index (χ4n) is 3.03. The summed E-state index contributed by atoms with van der Waals surface area (Å²) in [4.78, 5) is 36.6. The minimum Gasteiger partial charge on any atom is -0.406 e. The van der Waals surface area contributed by atoms with Crippen LogP contribution in [0.5, 0.6) is 0 Å². The van der Waals surface area contributed by atoms with E-state index in [9.17, 15) is 18.4 Å². The lowest BCUT2D eigenvalue weighted by molar-refractivity contribution is 0.0983. The smallest absolute Gasteiger partial charge is 0.406 e. The van der Waals surface area contributed by atoms with Crippen LogP contribution in [0.4, 0.5) is 8.78 Å². The number of carbonyl (C=O) groups excluding carboxylic acids is 1. The summed E-state index contributed by atoms with van der Waals surface area (Å²) < 4.78 is 34.0. The number of rotatable bonds is 4. The molecule has 0 amide bonds. The van der Waals surface area contributed by atoms with Gasteiger partial charge in [-0.15, -0.1) is 0 Å². The van der Waals surface area contributed by atoms with Gasteiger partial charge >= 0.3 is 5.76 Å². The summed E-state index contributed by atoms with van der Waals surface area (Å²) in [5.74, 6) is -3.08. The highest BCUT2D eigenvalue weighted by Gasteiger charge is 2.19. The Morgan fingerprint density at radius 2 is 1.83 bits per heavy atom. The van der Waals surface area contributed by atoms with Gasteiger partial charge in [-0.05, 0) is 19.1 Å². The van der Waals surface area contributed by atoms with Crippen LogP contribution >= 0.6 is 0 Å². The maximum atomic E-state index is 13.8. The van der Waals surface area contributed by atoms with Crippen molar-refractivity contribution in [3.8, 4) is 11.3 Å². The monoisotopic (exact) mass is 396 g/mol. The topological polar surface area (TPSA) is 90.9 Å². The van der Waals surface area contributed by atoms with Gasteiger partial charge in [-0.25, -0.2) is 18.6 Å². The van der Waals surface area contributed by atoms with Crippen LogP contribution in [0.3, 0.4) is 0 Å². The molecule has 4 aromatic rings. The van der Waals surface area contributed by atoms with Gasteiger partial charge in [0.1, 0.15) is 11.6 Å². The molecule has 1 aromatic carbocycles. The lowest BCUT2D eigenvalue weighted by atomic mass is 10.1. The van der Waals surface area contributed by atoms with Gasteiger partial charge in [-0.3, -0.25) is 19.3 Å². The van der Waals surface area contributed by atoms with E-state index in [0.29, 0.717) is 28.1 Å². The van der Waals surface area contributed by atoms with Crippen molar-refractivity contribution in [1.29, 1.82) is 0 Å². The highest BCUT2D eigenvalue weighted by Crippen LogP contribution is 2.26. The molecule has 9 heteroatoms. The lowest BCUT2D eigenvalue weighted by Gasteiger charge is -2.07. The maximum absolute atomic E-state index is 13.8. The number of benzene rings is 1. The van der Waals surface area contributed by atoms with E-state index in [1.165, 1.54) is 23.0 Å². The summed E-state index contributed by atoms with van der Waals surface area (Å²) in [7, 11) is 1.56. The summed E-state index contributed by atoms with van der Waals surface area (Å²) in [6, 6.07) is 3.25. The van der Waals surface area contributed by atoms with Gasteiger partial charge in [0.15, 0.2) is 17.0 Å². The van der Waals surface area contributed by atoms with Gasteiger partial charge in [-0.1, -0.05) is 6.07 Å². The second kappa shape index (κ2) is 7.01. The number of hydrogen-bond acceptors (Lipinski definition) is 6. The molecule has 0 aliphatic carbocycles. The predicted octanol–water partition coefficient (Wildman–Crippen LogP) is 3.00. The van der Waals surface area contributed by atoms with E-state index in [1.807, 2.05) is 0 Å². The quantitative estimate of drug-likeness (QED) is 0.493. The van der Waals surface area contributed by atoms with Crippen molar-refractivity contribution >= 4 is 17.0 Å². The molecule has 0 N–H and O–H groups in total. The Bertz CT molecular complexity index is 1290. The Morgan fingerprint density at radius 1 is 1.10 bits per heavy atom. The molecular weight excluding hydrogens is 382 g/mol. The number of aromatic nitrogens is 4. The van der Waals surface area contributed by atoms with Gasteiger partial charge in [0.2, 0.25) is 0 Å². The summed E-state index contributed by atoms with van der Waals surface area (Å²) >= 11 is 0. The molecular formula is C20H14F2N4O3. The van der Waals surface area contributed by atoms with Crippen LogP contribution in [-0.4, -0.2) is 25.3 Å². The Balaban J connectivity index is 1.63. The van der Waals surface area contributed by atoms with E-state index >= 15 is 0 Å². The minimum absolute atomic E-state index is 0.263. The molecule has 4 rings (SSSR count). The second-order valence-corrected chi connectivity index (χ2v) is 6.47. The number of Topliss-reactive ketones (excluding diaryl/α,β-unsaturated/α-hetero) is 1. The van der Waals surface area contributed by atoms with Crippen LogP contribution in [0, 0.1) is 18.6 Å². The zero-order valence-corrected chi connectivity index (χ0v) is 15.4. The highest BCUT2D eigenvalue weighted by molar-refractivity contribution is 5.97. The molecule has 0 saturated heterocycles. The summed E-state index contributed by atoms with van der Waals surface area (Å²) in [5.41, 5.74) is 2.17. The molecule has 0 unspecified atom stereocenters. The number of nitrogens with zero attached hydrogens (tertiary/aromatic N) is 4. The summed E-state index contributed by atoms with van der Waals surface area (Å²) in [6.07, 6.45) is 4.04. The molecule has 0 aliphatic heterocycles. The van der Waals surface area contributed by atoms with E-state index in [4.69, 9.17) is 4.42 Å². The first-order valence-corrected chi connectivity index (χ1v) is 8.60. The van der Waals surface area contributed by atoms with Crippen LogP contribution in [0.25, 0.3) is 22.5 Å². The van der Waals surface area contributed by atoms with Crippen molar-refractivity contribution in [3.05, 3.63) is 75.8 Å². The first-order valence-electron chi connectivity index (χ1n) is 8.60. The molecule has 0 bridgehead atoms. The van der Waals surface area contributed by atoms with Crippen molar-refractivity contribution in [1.82, 2.24) is 19.5 Å². The molecule has 3 heterocycles. The molecule has 0 aliphatic rings. The highest BCUT2D eigenvalue weighted by atomic mass is 19.1. The molecule has 0 fully saturated rings. The van der Waals surface area contributed by atoms with Crippen LogP contribution in [0.2, 0.25) is 0 Å². The standard InChI is InChI=1S/C20H14F2N4O3/c1-10-12(8-25-19-18(10)29-20(28)26(19)2)15-9-23-11(7-24-15)6-16(27)17-13(21)4-3-5-14(17)22/h3-5,7-9H,6H2,1-2H3. The van der Waals surface area contributed by atoms with Crippen molar-refractivity contribution in [2.45, 2.75) is 13.3 Å². The van der Waals surface area contributed by atoms with Gasteiger partial charge in [0.25, 0.3) is 0 Å². The fourth-order valence-corrected chi connectivity index (χ4v) is 3.03. The lowest BCUT2D eigenvalue weighted by Crippen LogP contribution is -2.10. The number of hydrogen-bond donors (Lipinski definition) is 0. The van der Waals surface area contributed by atoms with Gasteiger partial charge < -0.3 is 4.42 Å². The van der Waals surface area contributed by atoms with E-state index in [2.05, 4.69) is 15.0 Å². The summed E-state index contributed by atoms with van der Waals surface area (Å²) in [5, 5.41) is 0. The number of pyridine rings is 1. The molecule has 7 nitrogen and oxygen atoms in total. The molecule has 0 saturated carbocycles. The number of ketones is 1. The van der Waals surface area contributed by atoms with Crippen molar-refractivity contribution < 1.29 is 18.0 Å². The van der Waals surface area contributed by atoms with Crippen molar-refractivity contribution in [2.24, 2.45) is 7.05 Å². The number of aryl methyl sites for hydroxylation is 2. The van der Waals surface area contributed by atoms with Gasteiger partial charge in [0.05, 0.1) is 29.6 Å². The summed E-state index contributed by atoms with van der Waals surface area (Å²) in [6.45, 7) is 1.77. The van der Waals surface area contributed by atoms with Gasteiger partial charge in [-0.2, -0.15) is 0 Å². The normalized spacial score (nSPS) is 11.2. The van der Waals surface area contributed by atoms with Crippen LogP contribution in [0.15, 0.2) is 46.0 Å². The molecule has 3 aromatic heterocycles. The average molecular weight is 396 g/mol. The minimum atomic E-state index is -0.918. The predicted molar refractivity (Wildman–Crippen MR) is 99.4 cm³/mol. The Hall–Kier alpha value is -3.75. The Kier molecular flexibility index (Phi) is 4.50. The molecule has 29 heavy (non-hydrogen) atoms. The Labute approximate surface area is 162 Å². The van der Waals surface area contributed by atoms with Crippen LogP contribution < -0.4 is 5.76 Å². The SMILES string of the molecule is Cc1c(-c2cnc(CC(=O)c3c(F)cccc3F)cn2)cnc2c1oc(=O)n2C. The third-order valence-corrected chi connectivity index (χ3v) is 4.61. The second-order valence-electron chi connectivity index (χ2n) is 6.47. The molecule has 0 spiro atoms. The van der Waals surface area contributed by atoms with E-state index < -0.39 is 28.7 Å². The zero-order valence-electron chi connectivity index (χ0n) is 15.4. The molecule has 0 radical (unpaired) electrons. The third kappa shape index (κ3) is 3.20. The first-order chi connectivity index (χ1) is 13.9. The van der Waals surface area contributed by atoms with Crippen LogP contribution in [-0.2, 0) is 13.5 Å².